The van der Waals surface area contributed by atoms with Crippen molar-refractivity contribution in [2.75, 3.05) is 11.4 Å². The molecule has 0 spiro atoms. The van der Waals surface area contributed by atoms with Crippen LogP contribution in [0.2, 0.25) is 0 Å². The first-order valence-corrected chi connectivity index (χ1v) is 9.49. The molecule has 0 saturated heterocycles. The first kappa shape index (κ1) is 18.9. The van der Waals surface area contributed by atoms with Crippen molar-refractivity contribution in [3.63, 3.8) is 0 Å². The summed E-state index contributed by atoms with van der Waals surface area (Å²) in [6, 6.07) is 13.1. The van der Waals surface area contributed by atoms with Crippen molar-refractivity contribution in [2.45, 2.75) is 32.8 Å². The third-order valence-electron chi connectivity index (χ3n) is 4.89. The molecule has 6 nitrogen and oxygen atoms in total. The molecule has 0 aliphatic carbocycles. The van der Waals surface area contributed by atoms with Gasteiger partial charge in [0.15, 0.2) is 0 Å². The summed E-state index contributed by atoms with van der Waals surface area (Å²) in [6.45, 7) is 6.14. The fourth-order valence-corrected chi connectivity index (χ4v) is 3.60. The number of nitrogens with zero attached hydrogens (tertiary/aromatic N) is 2. The lowest BCUT2D eigenvalue weighted by Gasteiger charge is -2.24. The molecular formula is C23H22N2O4. The number of amides is 1. The van der Waals surface area contributed by atoms with Gasteiger partial charge in [-0.2, -0.15) is 0 Å². The summed E-state index contributed by atoms with van der Waals surface area (Å²) in [4.78, 5) is 29.9. The van der Waals surface area contributed by atoms with Gasteiger partial charge in [0, 0.05) is 18.1 Å². The number of carboxylic acids is 1. The molecule has 0 fully saturated rings. The maximum absolute atomic E-state index is 12.5. The van der Waals surface area contributed by atoms with Crippen LogP contribution >= 0.6 is 0 Å². The first-order chi connectivity index (χ1) is 13.7. The van der Waals surface area contributed by atoms with Crippen molar-refractivity contribution in [3.05, 3.63) is 59.8 Å². The van der Waals surface area contributed by atoms with E-state index in [0.29, 0.717) is 17.4 Å². The summed E-state index contributed by atoms with van der Waals surface area (Å²) in [5, 5.41) is 10.1. The Balaban J connectivity index is 1.69. The van der Waals surface area contributed by atoms with Crippen LogP contribution in [0.15, 0.2) is 48.7 Å². The molecule has 2 aromatic carbocycles. The summed E-state index contributed by atoms with van der Waals surface area (Å²) < 4.78 is 5.50. The second-order valence-electron chi connectivity index (χ2n) is 8.12. The molecule has 4 rings (SSSR count). The third kappa shape index (κ3) is 3.66. The van der Waals surface area contributed by atoms with Crippen LogP contribution in [0.1, 0.15) is 36.7 Å². The molecule has 0 saturated carbocycles. The molecule has 0 unspecified atom stereocenters. The summed E-state index contributed by atoms with van der Waals surface area (Å²) in [5.41, 5.74) is 4.14. The predicted molar refractivity (Wildman–Crippen MR) is 111 cm³/mol. The zero-order valence-electron chi connectivity index (χ0n) is 16.6. The van der Waals surface area contributed by atoms with Gasteiger partial charge in [-0.05, 0) is 74.2 Å². The fourth-order valence-electron chi connectivity index (χ4n) is 3.60. The van der Waals surface area contributed by atoms with Gasteiger partial charge in [-0.1, -0.05) is 12.1 Å². The molecule has 1 aromatic heterocycles. The number of aromatic nitrogens is 1. The Hall–Kier alpha value is -3.41. The monoisotopic (exact) mass is 390 g/mol. The van der Waals surface area contributed by atoms with Crippen LogP contribution in [0.3, 0.4) is 0 Å². The highest BCUT2D eigenvalue weighted by molar-refractivity contribution is 6.03. The molecule has 0 bridgehead atoms. The van der Waals surface area contributed by atoms with E-state index in [4.69, 9.17) is 4.74 Å². The van der Waals surface area contributed by atoms with Crippen molar-refractivity contribution < 1.29 is 19.4 Å². The second kappa shape index (κ2) is 6.88. The standard InChI is InChI=1S/C23H22N2O4/c1-23(2,3)29-22(28)25-11-9-16-12-14(5-7-20(16)25)15-4-6-19-18(13-15)17(21(26)27)8-10-24-19/h4-8,10,12-13H,9,11H2,1-3H3,(H,26,27). The van der Waals surface area contributed by atoms with Crippen LogP contribution in [0.4, 0.5) is 10.5 Å². The molecule has 29 heavy (non-hydrogen) atoms. The van der Waals surface area contributed by atoms with E-state index >= 15 is 0 Å². The van der Waals surface area contributed by atoms with Crippen LogP contribution in [-0.4, -0.2) is 34.3 Å². The molecule has 0 radical (unpaired) electrons. The first-order valence-electron chi connectivity index (χ1n) is 9.49. The number of hydrogen-bond acceptors (Lipinski definition) is 4. The summed E-state index contributed by atoms with van der Waals surface area (Å²) in [6.07, 6.45) is 1.91. The van der Waals surface area contributed by atoms with E-state index in [0.717, 1.165) is 28.8 Å². The molecule has 148 valence electrons. The van der Waals surface area contributed by atoms with Crippen LogP contribution in [0, 0.1) is 0 Å². The van der Waals surface area contributed by atoms with E-state index in [1.54, 1.807) is 4.90 Å². The minimum Gasteiger partial charge on any atom is -0.478 e. The molecule has 2 heterocycles. The SMILES string of the molecule is CC(C)(C)OC(=O)N1CCc2cc(-c3ccc4nccc(C(=O)O)c4c3)ccc21. The zero-order valence-corrected chi connectivity index (χ0v) is 16.6. The Bertz CT molecular complexity index is 1130. The molecule has 1 amide bonds. The number of carbonyl (C=O) groups excluding carboxylic acids is 1. The lowest BCUT2D eigenvalue weighted by molar-refractivity contribution is 0.0583. The van der Waals surface area contributed by atoms with Gasteiger partial charge < -0.3 is 9.84 Å². The largest absolute Gasteiger partial charge is 0.478 e. The smallest absolute Gasteiger partial charge is 0.414 e. The highest BCUT2D eigenvalue weighted by atomic mass is 16.6. The quantitative estimate of drug-likeness (QED) is 0.673. The van der Waals surface area contributed by atoms with Crippen molar-refractivity contribution in [3.8, 4) is 11.1 Å². The maximum atomic E-state index is 12.5. The Morgan fingerprint density at radius 3 is 2.52 bits per heavy atom. The van der Waals surface area contributed by atoms with Crippen molar-refractivity contribution in [2.24, 2.45) is 0 Å². The number of carboxylic acid groups (broad SMARTS) is 1. The van der Waals surface area contributed by atoms with Crippen LogP contribution < -0.4 is 4.90 Å². The Labute approximate surface area is 168 Å². The molecule has 0 atom stereocenters. The van der Waals surface area contributed by atoms with Gasteiger partial charge in [-0.15, -0.1) is 0 Å². The topological polar surface area (TPSA) is 79.7 Å². The minimum absolute atomic E-state index is 0.231. The molecule has 1 N–H and O–H groups in total. The van der Waals surface area contributed by atoms with Crippen molar-refractivity contribution >= 4 is 28.7 Å². The Kier molecular flexibility index (Phi) is 4.49. The number of fused-ring (bicyclic) bond motifs is 2. The van der Waals surface area contributed by atoms with Gasteiger partial charge in [0.25, 0.3) is 0 Å². The van der Waals surface area contributed by atoms with Gasteiger partial charge in [0.1, 0.15) is 5.60 Å². The molecule has 3 aromatic rings. The summed E-state index contributed by atoms with van der Waals surface area (Å²) in [7, 11) is 0. The van der Waals surface area contributed by atoms with Crippen LogP contribution in [-0.2, 0) is 11.2 Å². The molecular weight excluding hydrogens is 368 g/mol. The molecule has 6 heteroatoms. The number of hydrogen-bond donors (Lipinski definition) is 1. The second-order valence-corrected chi connectivity index (χ2v) is 8.12. The number of ether oxygens (including phenoxy) is 1. The number of pyridine rings is 1. The minimum atomic E-state index is -0.975. The number of rotatable bonds is 2. The Morgan fingerprint density at radius 2 is 1.79 bits per heavy atom. The van der Waals surface area contributed by atoms with E-state index in [1.807, 2.05) is 51.1 Å². The van der Waals surface area contributed by atoms with Crippen LogP contribution in [0.25, 0.3) is 22.0 Å². The summed E-state index contributed by atoms with van der Waals surface area (Å²) in [5.74, 6) is -0.975. The highest BCUT2D eigenvalue weighted by Gasteiger charge is 2.29. The average molecular weight is 390 g/mol. The van der Waals surface area contributed by atoms with Crippen LogP contribution in [0.5, 0.6) is 0 Å². The van der Waals surface area contributed by atoms with Gasteiger partial charge in [-0.25, -0.2) is 9.59 Å². The fraction of sp³-hybridized carbons (Fsp3) is 0.261. The normalized spacial score (nSPS) is 13.4. The van der Waals surface area contributed by atoms with E-state index in [2.05, 4.69) is 11.1 Å². The van der Waals surface area contributed by atoms with Gasteiger partial charge in [-0.3, -0.25) is 9.88 Å². The molecule has 1 aliphatic heterocycles. The van der Waals surface area contributed by atoms with E-state index in [1.165, 1.54) is 12.3 Å². The molecule has 1 aliphatic rings. The maximum Gasteiger partial charge on any atom is 0.414 e. The van der Waals surface area contributed by atoms with Gasteiger partial charge in [0.05, 0.1) is 16.8 Å². The summed E-state index contributed by atoms with van der Waals surface area (Å²) >= 11 is 0. The predicted octanol–water partition coefficient (Wildman–Crippen LogP) is 4.90. The van der Waals surface area contributed by atoms with E-state index < -0.39 is 11.6 Å². The number of benzene rings is 2. The van der Waals surface area contributed by atoms with Crippen molar-refractivity contribution in [1.29, 1.82) is 0 Å². The number of carbonyl (C=O) groups is 2. The highest BCUT2D eigenvalue weighted by Crippen LogP contribution is 2.34. The lowest BCUT2D eigenvalue weighted by Crippen LogP contribution is -2.35. The van der Waals surface area contributed by atoms with E-state index in [-0.39, 0.29) is 11.7 Å². The lowest BCUT2D eigenvalue weighted by atomic mass is 9.98. The number of aromatic carboxylic acids is 1. The van der Waals surface area contributed by atoms with Gasteiger partial charge in [0.2, 0.25) is 0 Å². The van der Waals surface area contributed by atoms with Crippen molar-refractivity contribution in [1.82, 2.24) is 4.98 Å². The van der Waals surface area contributed by atoms with Gasteiger partial charge >= 0.3 is 12.1 Å². The number of anilines is 1. The van der Waals surface area contributed by atoms with E-state index in [9.17, 15) is 14.7 Å². The Morgan fingerprint density at radius 1 is 1.07 bits per heavy atom. The third-order valence-corrected chi connectivity index (χ3v) is 4.89. The average Bonchev–Trinajstić information content (AvgIpc) is 3.09. The zero-order chi connectivity index (χ0) is 20.8.